The van der Waals surface area contributed by atoms with Gasteiger partial charge < -0.3 is 10.1 Å². The number of nitrogens with one attached hydrogen (secondary N) is 1. The first kappa shape index (κ1) is 18.5. The smallest absolute Gasteiger partial charge is 0.271 e. The summed E-state index contributed by atoms with van der Waals surface area (Å²) in [7, 11) is 0. The summed E-state index contributed by atoms with van der Waals surface area (Å²) in [4.78, 5) is 16.9. The van der Waals surface area contributed by atoms with Crippen LogP contribution in [0.25, 0.3) is 0 Å². The number of amides is 1. The Kier molecular flexibility index (Phi) is 5.99. The quantitative estimate of drug-likeness (QED) is 0.581. The second kappa shape index (κ2) is 8.41. The number of anilines is 1. The summed E-state index contributed by atoms with van der Waals surface area (Å²) in [6.07, 6.45) is 0.556. The number of pyridine rings is 1. The fraction of sp³-hybridized carbons (Fsp3) is 0.0526. The minimum Gasteiger partial charge on any atom is -0.476 e. The molecule has 0 saturated heterocycles. The molecule has 1 heterocycles. The lowest BCUT2D eigenvalue weighted by atomic mass is 10.1. The van der Waals surface area contributed by atoms with E-state index in [9.17, 15) is 4.79 Å². The summed E-state index contributed by atoms with van der Waals surface area (Å²) in [6, 6.07) is 16.9. The van der Waals surface area contributed by atoms with Gasteiger partial charge in [0.1, 0.15) is 11.6 Å². The predicted molar refractivity (Wildman–Crippen MR) is 104 cm³/mol. The lowest BCUT2D eigenvalue weighted by Gasteiger charge is -2.19. The summed E-state index contributed by atoms with van der Waals surface area (Å²) < 4.78 is 5.89. The van der Waals surface area contributed by atoms with Crippen molar-refractivity contribution >= 4 is 46.5 Å². The van der Waals surface area contributed by atoms with Gasteiger partial charge in [-0.25, -0.2) is 4.98 Å². The summed E-state index contributed by atoms with van der Waals surface area (Å²) in [5.41, 5.74) is 0.649. The van der Waals surface area contributed by atoms with Gasteiger partial charge in [-0.05, 0) is 48.5 Å². The topological polar surface area (TPSA) is 51.2 Å². The van der Waals surface area contributed by atoms with Gasteiger partial charge in [-0.15, -0.1) is 0 Å². The van der Waals surface area contributed by atoms with Crippen LogP contribution in [0.4, 0.5) is 5.82 Å². The Balaban J connectivity index is 1.85. The third-order valence-corrected chi connectivity index (χ3v) is 4.18. The molecule has 26 heavy (non-hydrogen) atoms. The molecule has 0 spiro atoms. The number of aromatic nitrogens is 1. The molecule has 1 N–H and O–H groups in total. The van der Waals surface area contributed by atoms with Crippen LogP contribution in [0.5, 0.6) is 5.75 Å². The van der Waals surface area contributed by atoms with Crippen LogP contribution in [0.1, 0.15) is 11.7 Å². The van der Waals surface area contributed by atoms with E-state index >= 15 is 0 Å². The molecule has 2 aromatic carbocycles. The van der Waals surface area contributed by atoms with Gasteiger partial charge in [0, 0.05) is 21.8 Å². The third kappa shape index (κ3) is 4.88. The molecule has 0 aliphatic carbocycles. The monoisotopic (exact) mass is 406 g/mol. The van der Waals surface area contributed by atoms with Crippen LogP contribution < -0.4 is 10.1 Å². The SMILES string of the molecule is O=C(Nc1ccc(Cl)cn1)C(Oc1ccc(Cl)cc1)c1ccc(Cl)cc1. The van der Waals surface area contributed by atoms with E-state index in [1.807, 2.05) is 0 Å². The van der Waals surface area contributed by atoms with Crippen molar-refractivity contribution in [2.45, 2.75) is 6.10 Å². The first-order valence-electron chi connectivity index (χ1n) is 7.61. The molecule has 0 aliphatic rings. The average Bonchev–Trinajstić information content (AvgIpc) is 2.64. The number of carbonyl (C=O) groups excluding carboxylic acids is 1. The molecule has 0 saturated carbocycles. The van der Waals surface area contributed by atoms with Gasteiger partial charge in [0.25, 0.3) is 5.91 Å². The van der Waals surface area contributed by atoms with E-state index in [4.69, 9.17) is 39.5 Å². The molecule has 7 heteroatoms. The Morgan fingerprint density at radius 2 is 1.42 bits per heavy atom. The number of benzene rings is 2. The van der Waals surface area contributed by atoms with Gasteiger partial charge >= 0.3 is 0 Å². The molecule has 1 aromatic heterocycles. The fourth-order valence-electron chi connectivity index (χ4n) is 2.20. The van der Waals surface area contributed by atoms with Crippen LogP contribution in [0.15, 0.2) is 66.9 Å². The molecule has 1 unspecified atom stereocenters. The minimum absolute atomic E-state index is 0.373. The van der Waals surface area contributed by atoms with E-state index in [0.717, 1.165) is 0 Å². The fourth-order valence-corrected chi connectivity index (χ4v) is 2.57. The Morgan fingerprint density at radius 1 is 0.846 bits per heavy atom. The maximum Gasteiger partial charge on any atom is 0.271 e. The Bertz CT molecular complexity index is 882. The van der Waals surface area contributed by atoms with Crippen LogP contribution >= 0.6 is 34.8 Å². The molecule has 132 valence electrons. The molecular formula is C19H13Cl3N2O2. The molecule has 1 amide bonds. The van der Waals surface area contributed by atoms with Crippen molar-refractivity contribution in [2.24, 2.45) is 0 Å². The number of rotatable bonds is 5. The maximum atomic E-state index is 12.8. The highest BCUT2D eigenvalue weighted by Crippen LogP contribution is 2.26. The minimum atomic E-state index is -0.897. The van der Waals surface area contributed by atoms with Gasteiger partial charge in [-0.1, -0.05) is 46.9 Å². The van der Waals surface area contributed by atoms with Crippen molar-refractivity contribution in [3.8, 4) is 5.75 Å². The number of ether oxygens (including phenoxy) is 1. The molecule has 3 rings (SSSR count). The van der Waals surface area contributed by atoms with Gasteiger partial charge in [0.15, 0.2) is 0 Å². The van der Waals surface area contributed by atoms with E-state index in [0.29, 0.717) is 32.2 Å². The number of nitrogens with zero attached hydrogens (tertiary/aromatic N) is 1. The van der Waals surface area contributed by atoms with Gasteiger partial charge in [-0.3, -0.25) is 4.79 Å². The summed E-state index contributed by atoms with van der Waals surface area (Å²) in [5.74, 6) is 0.503. The third-order valence-electron chi connectivity index (χ3n) is 3.46. The molecule has 1 atom stereocenters. The molecule has 0 fully saturated rings. The number of halogens is 3. The molecule has 0 radical (unpaired) electrons. The standard InChI is InChI=1S/C19H13Cl3N2O2/c20-13-3-1-12(2-4-13)18(26-16-8-5-14(21)6-9-16)19(25)24-17-10-7-15(22)11-23-17/h1-11,18H,(H,23,24,25). The first-order chi connectivity index (χ1) is 12.5. The van der Waals surface area contributed by atoms with Crippen molar-refractivity contribution < 1.29 is 9.53 Å². The van der Waals surface area contributed by atoms with Crippen molar-refractivity contribution in [2.75, 3.05) is 5.32 Å². The van der Waals surface area contributed by atoms with Gasteiger partial charge in [-0.2, -0.15) is 0 Å². The molecule has 3 aromatic rings. The lowest BCUT2D eigenvalue weighted by Crippen LogP contribution is -2.26. The largest absolute Gasteiger partial charge is 0.476 e. The van der Waals surface area contributed by atoms with E-state index in [2.05, 4.69) is 10.3 Å². The lowest BCUT2D eigenvalue weighted by molar-refractivity contribution is -0.123. The number of hydrogen-bond donors (Lipinski definition) is 1. The highest BCUT2D eigenvalue weighted by atomic mass is 35.5. The van der Waals surface area contributed by atoms with E-state index in [1.165, 1.54) is 6.20 Å². The van der Waals surface area contributed by atoms with E-state index in [-0.39, 0.29) is 5.91 Å². The summed E-state index contributed by atoms with van der Waals surface area (Å²) >= 11 is 17.7. The van der Waals surface area contributed by atoms with Crippen LogP contribution in [-0.2, 0) is 4.79 Å². The molecular weight excluding hydrogens is 395 g/mol. The van der Waals surface area contributed by atoms with E-state index in [1.54, 1.807) is 60.7 Å². The normalized spacial score (nSPS) is 11.7. The summed E-state index contributed by atoms with van der Waals surface area (Å²) in [6.45, 7) is 0. The highest BCUT2D eigenvalue weighted by molar-refractivity contribution is 6.31. The predicted octanol–water partition coefficient (Wildman–Crippen LogP) is 5.80. The van der Waals surface area contributed by atoms with Crippen LogP contribution in [0.2, 0.25) is 15.1 Å². The number of carbonyl (C=O) groups is 1. The molecule has 4 nitrogen and oxygen atoms in total. The van der Waals surface area contributed by atoms with Gasteiger partial charge in [0.2, 0.25) is 6.10 Å². The number of hydrogen-bond acceptors (Lipinski definition) is 3. The van der Waals surface area contributed by atoms with Crippen LogP contribution in [0, 0.1) is 0 Å². The van der Waals surface area contributed by atoms with Crippen molar-refractivity contribution in [1.82, 2.24) is 4.98 Å². The van der Waals surface area contributed by atoms with Crippen molar-refractivity contribution in [3.63, 3.8) is 0 Å². The average molecular weight is 408 g/mol. The molecule has 0 bridgehead atoms. The molecule has 0 aliphatic heterocycles. The van der Waals surface area contributed by atoms with Crippen molar-refractivity contribution in [3.05, 3.63) is 87.5 Å². The first-order valence-corrected chi connectivity index (χ1v) is 8.75. The zero-order valence-corrected chi connectivity index (χ0v) is 15.6. The Morgan fingerprint density at radius 3 is 2.00 bits per heavy atom. The summed E-state index contributed by atoms with van der Waals surface area (Å²) in [5, 5.41) is 4.35. The highest BCUT2D eigenvalue weighted by Gasteiger charge is 2.23. The van der Waals surface area contributed by atoms with Crippen LogP contribution in [0.3, 0.4) is 0 Å². The van der Waals surface area contributed by atoms with Crippen LogP contribution in [-0.4, -0.2) is 10.9 Å². The van der Waals surface area contributed by atoms with Crippen molar-refractivity contribution in [1.29, 1.82) is 0 Å². The zero-order valence-electron chi connectivity index (χ0n) is 13.3. The Hall–Kier alpha value is -2.27. The second-order valence-corrected chi connectivity index (χ2v) is 6.66. The van der Waals surface area contributed by atoms with E-state index < -0.39 is 6.10 Å². The Labute approximate surface area is 165 Å². The second-order valence-electron chi connectivity index (χ2n) is 5.35. The zero-order chi connectivity index (χ0) is 18.5. The maximum absolute atomic E-state index is 12.8. The van der Waals surface area contributed by atoms with Gasteiger partial charge in [0.05, 0.1) is 5.02 Å².